The molecule has 0 radical (unpaired) electrons. The summed E-state index contributed by atoms with van der Waals surface area (Å²) in [4.78, 5) is 26.9. The third kappa shape index (κ3) is 4.74. The molecule has 3 rings (SSSR count). The Morgan fingerprint density at radius 3 is 2.24 bits per heavy atom. The van der Waals surface area contributed by atoms with Crippen molar-refractivity contribution in [3.63, 3.8) is 0 Å². The highest BCUT2D eigenvalue weighted by molar-refractivity contribution is 7.94. The van der Waals surface area contributed by atoms with E-state index in [9.17, 15) is 18.0 Å². The largest absolute Gasteiger partial charge is 0.452 e. The number of hydrogen-bond acceptors (Lipinski definition) is 5. The Hall–Kier alpha value is -2.93. The van der Waals surface area contributed by atoms with Crippen LogP contribution in [0.1, 0.15) is 27.0 Å². The minimum absolute atomic E-state index is 0.197. The van der Waals surface area contributed by atoms with Crippen molar-refractivity contribution in [3.8, 4) is 0 Å². The van der Waals surface area contributed by atoms with E-state index < -0.39 is 34.4 Å². The van der Waals surface area contributed by atoms with E-state index in [0.29, 0.717) is 11.3 Å². The molecule has 1 amide bonds. The lowest BCUT2D eigenvalue weighted by Crippen LogP contribution is -2.43. The van der Waals surface area contributed by atoms with Crippen LogP contribution in [-0.2, 0) is 19.4 Å². The van der Waals surface area contributed by atoms with Crippen LogP contribution in [0.2, 0.25) is 0 Å². The molecular weight excluding hydrogens is 390 g/mol. The number of anilines is 1. The zero-order valence-electron chi connectivity index (χ0n) is 16.6. The maximum Gasteiger partial charge on any atom is 0.339 e. The number of nitrogens with zero attached hydrogens (tertiary/aromatic N) is 1. The lowest BCUT2D eigenvalue weighted by Gasteiger charge is -2.27. The quantitative estimate of drug-likeness (QED) is 0.704. The van der Waals surface area contributed by atoms with E-state index in [4.69, 9.17) is 4.74 Å². The number of aryl methyl sites for hydroxylation is 3. The van der Waals surface area contributed by atoms with Gasteiger partial charge in [0, 0.05) is 11.1 Å². The molecule has 0 N–H and O–H groups in total. The van der Waals surface area contributed by atoms with Gasteiger partial charge < -0.3 is 9.64 Å². The average Bonchev–Trinajstić information content (AvgIpc) is 2.99. The van der Waals surface area contributed by atoms with Gasteiger partial charge in [-0.05, 0) is 50.1 Å². The van der Waals surface area contributed by atoms with Gasteiger partial charge in [0.15, 0.2) is 16.4 Å². The summed E-state index contributed by atoms with van der Waals surface area (Å²) in [7, 11) is -3.35. The van der Waals surface area contributed by atoms with Crippen LogP contribution >= 0.6 is 0 Å². The SMILES string of the molecule is Cc1cc(C)c(C(=O)OCC(=O)N(c2ccccc2)[C@H]2C=CS(=O)(=O)C2)c(C)c1. The van der Waals surface area contributed by atoms with Crippen LogP contribution in [0.3, 0.4) is 0 Å². The molecule has 0 aromatic heterocycles. The van der Waals surface area contributed by atoms with Crippen molar-refractivity contribution in [2.45, 2.75) is 26.8 Å². The van der Waals surface area contributed by atoms with Crippen LogP contribution in [0.15, 0.2) is 53.9 Å². The first-order valence-electron chi connectivity index (χ1n) is 9.21. The maximum atomic E-state index is 12.9. The predicted octanol–water partition coefficient (Wildman–Crippen LogP) is 3.11. The lowest BCUT2D eigenvalue weighted by molar-refractivity contribution is -0.121. The fraction of sp³-hybridized carbons (Fsp3) is 0.273. The zero-order chi connectivity index (χ0) is 21.2. The van der Waals surface area contributed by atoms with Crippen molar-refractivity contribution in [2.24, 2.45) is 0 Å². The van der Waals surface area contributed by atoms with E-state index >= 15 is 0 Å². The molecule has 7 heteroatoms. The fourth-order valence-corrected chi connectivity index (χ4v) is 4.87. The van der Waals surface area contributed by atoms with Crippen LogP contribution in [0.25, 0.3) is 0 Å². The number of rotatable bonds is 5. The summed E-state index contributed by atoms with van der Waals surface area (Å²) in [5, 5.41) is 1.12. The number of amides is 1. The normalized spacial score (nSPS) is 17.1. The number of sulfone groups is 1. The van der Waals surface area contributed by atoms with Gasteiger partial charge in [-0.15, -0.1) is 0 Å². The number of para-hydroxylation sites is 1. The molecule has 1 aliphatic rings. The predicted molar refractivity (Wildman–Crippen MR) is 112 cm³/mol. The zero-order valence-corrected chi connectivity index (χ0v) is 17.4. The summed E-state index contributed by atoms with van der Waals surface area (Å²) < 4.78 is 29.0. The van der Waals surface area contributed by atoms with Crippen LogP contribution in [0.5, 0.6) is 0 Å². The number of benzene rings is 2. The summed E-state index contributed by atoms with van der Waals surface area (Å²) in [6, 6.07) is 11.9. The molecule has 0 saturated carbocycles. The van der Waals surface area contributed by atoms with E-state index in [0.717, 1.165) is 22.1 Å². The van der Waals surface area contributed by atoms with Crippen molar-refractivity contribution in [1.29, 1.82) is 0 Å². The summed E-state index contributed by atoms with van der Waals surface area (Å²) in [6.07, 6.45) is 1.48. The Morgan fingerprint density at radius 2 is 1.69 bits per heavy atom. The van der Waals surface area contributed by atoms with E-state index in [-0.39, 0.29) is 5.75 Å². The van der Waals surface area contributed by atoms with Crippen LogP contribution in [0, 0.1) is 20.8 Å². The van der Waals surface area contributed by atoms with Crippen molar-refractivity contribution >= 4 is 27.4 Å². The molecule has 0 spiro atoms. The monoisotopic (exact) mass is 413 g/mol. The van der Waals surface area contributed by atoms with E-state index in [1.54, 1.807) is 30.3 Å². The third-order valence-corrected chi connectivity index (χ3v) is 6.13. The molecule has 6 nitrogen and oxygen atoms in total. The Morgan fingerprint density at radius 1 is 1.07 bits per heavy atom. The lowest BCUT2D eigenvalue weighted by atomic mass is 10.00. The van der Waals surface area contributed by atoms with Gasteiger partial charge in [0.05, 0.1) is 17.4 Å². The molecule has 1 heterocycles. The van der Waals surface area contributed by atoms with Gasteiger partial charge >= 0.3 is 5.97 Å². The maximum absolute atomic E-state index is 12.9. The number of ether oxygens (including phenoxy) is 1. The Kier molecular flexibility index (Phi) is 5.88. The van der Waals surface area contributed by atoms with Gasteiger partial charge in [-0.1, -0.05) is 35.9 Å². The molecule has 29 heavy (non-hydrogen) atoms. The molecule has 1 aliphatic heterocycles. The number of esters is 1. The molecule has 0 unspecified atom stereocenters. The van der Waals surface area contributed by atoms with Gasteiger partial charge in [-0.3, -0.25) is 4.79 Å². The van der Waals surface area contributed by atoms with Gasteiger partial charge in [-0.2, -0.15) is 0 Å². The summed E-state index contributed by atoms with van der Waals surface area (Å²) in [5.41, 5.74) is 3.59. The van der Waals surface area contributed by atoms with Crippen molar-refractivity contribution in [1.82, 2.24) is 0 Å². The minimum atomic E-state index is -3.35. The second kappa shape index (κ2) is 8.21. The first kappa shape index (κ1) is 20.8. The Balaban J connectivity index is 1.79. The second-order valence-corrected chi connectivity index (χ2v) is 9.11. The Labute approximate surface area is 170 Å². The number of carbonyl (C=O) groups is 2. The van der Waals surface area contributed by atoms with E-state index in [1.807, 2.05) is 32.9 Å². The number of carbonyl (C=O) groups excluding carboxylic acids is 2. The molecule has 0 bridgehead atoms. The van der Waals surface area contributed by atoms with Gasteiger partial charge in [0.2, 0.25) is 0 Å². The second-order valence-electron chi connectivity index (χ2n) is 7.17. The summed E-state index contributed by atoms with van der Waals surface area (Å²) in [5.74, 6) is -1.26. The molecule has 2 aromatic carbocycles. The third-order valence-electron chi connectivity index (χ3n) is 4.75. The van der Waals surface area contributed by atoms with Crippen molar-refractivity contribution in [2.75, 3.05) is 17.3 Å². The summed E-state index contributed by atoms with van der Waals surface area (Å²) in [6.45, 7) is 5.11. The smallest absolute Gasteiger partial charge is 0.339 e. The standard InChI is InChI=1S/C22H23NO5S/c1-15-11-16(2)21(17(3)12-15)22(25)28-13-20(24)23(18-7-5-4-6-8-18)19-9-10-29(26,27)14-19/h4-12,19H,13-14H2,1-3H3/t19-/m0/s1. The van der Waals surface area contributed by atoms with Gasteiger partial charge in [0.25, 0.3) is 5.91 Å². The Bertz CT molecular complexity index is 1050. The molecule has 0 fully saturated rings. The first-order valence-corrected chi connectivity index (χ1v) is 10.9. The molecule has 1 atom stereocenters. The molecule has 152 valence electrons. The van der Waals surface area contributed by atoms with E-state index in [1.165, 1.54) is 11.0 Å². The highest BCUT2D eigenvalue weighted by Gasteiger charge is 2.32. The van der Waals surface area contributed by atoms with Gasteiger partial charge in [0.1, 0.15) is 0 Å². The van der Waals surface area contributed by atoms with Crippen LogP contribution < -0.4 is 4.90 Å². The van der Waals surface area contributed by atoms with Gasteiger partial charge in [-0.25, -0.2) is 13.2 Å². The highest BCUT2D eigenvalue weighted by atomic mass is 32.2. The fourth-order valence-electron chi connectivity index (χ4n) is 3.60. The minimum Gasteiger partial charge on any atom is -0.452 e. The topological polar surface area (TPSA) is 80.8 Å². The molecule has 0 aliphatic carbocycles. The first-order chi connectivity index (χ1) is 13.7. The molecule has 2 aromatic rings. The number of hydrogen-bond donors (Lipinski definition) is 0. The van der Waals surface area contributed by atoms with Crippen LogP contribution in [-0.4, -0.2) is 38.7 Å². The van der Waals surface area contributed by atoms with Crippen molar-refractivity contribution in [3.05, 3.63) is 76.2 Å². The van der Waals surface area contributed by atoms with Crippen molar-refractivity contribution < 1.29 is 22.7 Å². The van der Waals surface area contributed by atoms with Crippen LogP contribution in [0.4, 0.5) is 5.69 Å². The molecular formula is C22H23NO5S. The van der Waals surface area contributed by atoms with E-state index in [2.05, 4.69) is 0 Å². The molecule has 0 saturated heterocycles. The summed E-state index contributed by atoms with van der Waals surface area (Å²) >= 11 is 0. The average molecular weight is 413 g/mol. The highest BCUT2D eigenvalue weighted by Crippen LogP contribution is 2.23.